The molecule has 4 aromatic rings. The molecule has 0 spiro atoms. The first-order valence-corrected chi connectivity index (χ1v) is 15.1. The van der Waals surface area contributed by atoms with Gasteiger partial charge < -0.3 is 20.4 Å². The van der Waals surface area contributed by atoms with Crippen LogP contribution in [0.15, 0.2) is 121 Å². The van der Waals surface area contributed by atoms with Crippen LogP contribution in [0.5, 0.6) is 0 Å². The van der Waals surface area contributed by atoms with Crippen LogP contribution in [0.1, 0.15) is 46.7 Å². The second-order valence-corrected chi connectivity index (χ2v) is 10.3. The quantitative estimate of drug-likeness (QED) is 0.0708. The first-order valence-electron chi connectivity index (χ1n) is 15.1. The lowest BCUT2D eigenvalue weighted by Gasteiger charge is -2.09. The van der Waals surface area contributed by atoms with Gasteiger partial charge in [0.15, 0.2) is 0 Å². The fraction of sp³-hybridized carbons (Fsp3) is 0.111. The van der Waals surface area contributed by atoms with Crippen molar-refractivity contribution in [1.82, 2.24) is 0 Å². The van der Waals surface area contributed by atoms with Gasteiger partial charge in [0.05, 0.1) is 0 Å². The van der Waals surface area contributed by atoms with Crippen molar-refractivity contribution in [2.75, 3.05) is 0 Å². The van der Waals surface area contributed by atoms with Gasteiger partial charge in [-0.1, -0.05) is 121 Å². The molecular weight excluding hydrogens is 720 g/mol. The molecule has 0 fully saturated rings. The topological polar surface area (TPSA) is 273 Å². The molecule has 0 saturated heterocycles. The van der Waals surface area contributed by atoms with Crippen LogP contribution in [0, 0.1) is 0 Å². The second-order valence-electron chi connectivity index (χ2n) is 10.3. The number of hydrogen-bond donors (Lipinski definition) is 4. The van der Waals surface area contributed by atoms with Gasteiger partial charge in [-0.25, -0.2) is 19.2 Å². The highest BCUT2D eigenvalue weighted by molar-refractivity contribution is 6.36. The number of aliphatic hydroxyl groups is 4. The molecule has 0 bridgehead atoms. The zero-order chi connectivity index (χ0) is 39.6. The molecule has 0 saturated carbocycles. The molecular formula is C36H28O18. The van der Waals surface area contributed by atoms with E-state index in [0.717, 1.165) is 0 Å². The zero-order valence-electron chi connectivity index (χ0n) is 27.4. The highest BCUT2D eigenvalue weighted by atomic mass is 17.5. The predicted molar refractivity (Wildman–Crippen MR) is 172 cm³/mol. The molecule has 4 N–H and O–H groups in total. The minimum Gasteiger partial charge on any atom is -0.380 e. The van der Waals surface area contributed by atoms with E-state index in [9.17, 15) is 58.8 Å². The minimum absolute atomic E-state index is 0.137. The van der Waals surface area contributed by atoms with Crippen molar-refractivity contribution in [2.45, 2.75) is 24.4 Å². The van der Waals surface area contributed by atoms with Crippen molar-refractivity contribution >= 4 is 47.0 Å². The van der Waals surface area contributed by atoms with Gasteiger partial charge in [-0.15, -0.1) is 0 Å². The Labute approximate surface area is 303 Å². The summed E-state index contributed by atoms with van der Waals surface area (Å²) in [4.78, 5) is 108. The lowest BCUT2D eigenvalue weighted by Crippen LogP contribution is -2.27. The molecule has 0 heterocycles. The fourth-order valence-electron chi connectivity index (χ4n) is 3.92. The lowest BCUT2D eigenvalue weighted by molar-refractivity contribution is -0.456. The Morgan fingerprint density at radius 1 is 0.315 bits per heavy atom. The van der Waals surface area contributed by atoms with Gasteiger partial charge in [0.25, 0.3) is 23.1 Å². The molecule has 18 nitrogen and oxygen atoms in total. The summed E-state index contributed by atoms with van der Waals surface area (Å²) < 4.78 is 0. The lowest BCUT2D eigenvalue weighted by atomic mass is 10.1. The van der Waals surface area contributed by atoms with Gasteiger partial charge in [-0.05, 0) is 22.3 Å². The summed E-state index contributed by atoms with van der Waals surface area (Å²) in [5.41, 5.74) is 0.547. The van der Waals surface area contributed by atoms with Crippen molar-refractivity contribution in [3.8, 4) is 0 Å². The number of hydrogen-bond acceptors (Lipinski definition) is 18. The first kappa shape index (κ1) is 41.6. The third-order valence-corrected chi connectivity index (χ3v) is 6.70. The third-order valence-electron chi connectivity index (χ3n) is 6.70. The average Bonchev–Trinajstić information content (AvgIpc) is 3.22. The molecule has 18 heteroatoms. The van der Waals surface area contributed by atoms with Gasteiger partial charge in [0.2, 0.25) is 0 Å². The monoisotopic (exact) mass is 748 g/mol. The summed E-state index contributed by atoms with van der Waals surface area (Å²) >= 11 is 0. The van der Waals surface area contributed by atoms with Crippen molar-refractivity contribution in [3.63, 3.8) is 0 Å². The SMILES string of the molecule is O=C(OOOC(=O)C(=O)C(O)c1ccccc1)C(=O)C(O)c1ccccc1.O=C(OOOC(=O)C(=O)C(O)c1ccccc1)C(=O)C(O)c1ccccc1. The van der Waals surface area contributed by atoms with E-state index in [4.69, 9.17) is 0 Å². The number of ketones is 4. The van der Waals surface area contributed by atoms with Crippen molar-refractivity contribution < 1.29 is 88.4 Å². The third kappa shape index (κ3) is 12.2. The van der Waals surface area contributed by atoms with Crippen molar-refractivity contribution in [2.24, 2.45) is 0 Å². The summed E-state index contributed by atoms with van der Waals surface area (Å²) in [6.07, 6.45) is -7.22. The zero-order valence-corrected chi connectivity index (χ0v) is 27.4. The molecule has 0 aliphatic heterocycles. The van der Waals surface area contributed by atoms with Gasteiger partial charge in [-0.3, -0.25) is 38.7 Å². The van der Waals surface area contributed by atoms with Crippen molar-refractivity contribution in [1.29, 1.82) is 0 Å². The number of Topliss-reactive ketones (excluding diaryl/α,β-unsaturated/α-hetero) is 4. The summed E-state index contributed by atoms with van der Waals surface area (Å²) in [6, 6.07) is 30.1. The van der Waals surface area contributed by atoms with Crippen LogP contribution in [0.4, 0.5) is 0 Å². The minimum atomic E-state index is -1.81. The Hall–Kier alpha value is -6.80. The Balaban J connectivity index is 0.000000290. The van der Waals surface area contributed by atoms with Crippen LogP contribution in [0.25, 0.3) is 0 Å². The smallest absolute Gasteiger partial charge is 0.380 e. The summed E-state index contributed by atoms with van der Waals surface area (Å²) in [5.74, 6) is -12.2. The Bertz CT molecular complexity index is 1640. The molecule has 54 heavy (non-hydrogen) atoms. The molecule has 0 aromatic heterocycles. The second kappa shape index (κ2) is 20.9. The predicted octanol–water partition coefficient (Wildman–Crippen LogP) is 1.05. The van der Waals surface area contributed by atoms with Crippen LogP contribution in [0.3, 0.4) is 0 Å². The van der Waals surface area contributed by atoms with E-state index in [0.29, 0.717) is 0 Å². The van der Waals surface area contributed by atoms with Crippen LogP contribution >= 0.6 is 0 Å². The Morgan fingerprint density at radius 3 is 0.648 bits per heavy atom. The maximum absolute atomic E-state index is 11.7. The highest BCUT2D eigenvalue weighted by Crippen LogP contribution is 2.17. The summed E-state index contributed by atoms with van der Waals surface area (Å²) in [7, 11) is 0. The van der Waals surface area contributed by atoms with E-state index in [1.54, 1.807) is 72.8 Å². The standard InChI is InChI=1S/2C18H14O9/c2*19-13(11-7-3-1-4-8-11)15(21)17(23)25-27-26-18(24)16(22)14(20)12-9-5-2-6-10-12/h2*1-10,13-14,19-20H. The van der Waals surface area contributed by atoms with Gasteiger partial charge in [-0.2, -0.15) is 0 Å². The maximum atomic E-state index is 11.7. The van der Waals surface area contributed by atoms with Crippen LogP contribution in [-0.2, 0) is 68.0 Å². The molecule has 4 rings (SSSR count). The van der Waals surface area contributed by atoms with Crippen molar-refractivity contribution in [3.05, 3.63) is 144 Å². The van der Waals surface area contributed by atoms with Gasteiger partial charge in [0.1, 0.15) is 24.4 Å². The number of benzene rings is 4. The molecule has 0 aliphatic rings. The van der Waals surface area contributed by atoms with E-state index in [1.807, 2.05) is 0 Å². The molecule has 280 valence electrons. The highest BCUT2D eigenvalue weighted by Gasteiger charge is 2.32. The number of carbonyl (C=O) groups excluding carboxylic acids is 8. The van der Waals surface area contributed by atoms with E-state index in [2.05, 4.69) is 29.6 Å². The molecule has 0 radical (unpaired) electrons. The van der Waals surface area contributed by atoms with Crippen LogP contribution < -0.4 is 0 Å². The van der Waals surface area contributed by atoms with Gasteiger partial charge >= 0.3 is 23.9 Å². The van der Waals surface area contributed by atoms with E-state index >= 15 is 0 Å². The average molecular weight is 749 g/mol. The Kier molecular flexibility index (Phi) is 16.1. The maximum Gasteiger partial charge on any atom is 0.415 e. The number of aliphatic hydroxyl groups excluding tert-OH is 4. The number of carbonyl (C=O) groups is 8. The summed E-state index contributed by atoms with van der Waals surface area (Å²) in [6.45, 7) is 0. The summed E-state index contributed by atoms with van der Waals surface area (Å²) in [5, 5.41) is 46.6. The van der Waals surface area contributed by atoms with Crippen LogP contribution in [-0.4, -0.2) is 67.4 Å². The molecule has 4 aromatic carbocycles. The molecule has 0 aliphatic carbocycles. The largest absolute Gasteiger partial charge is 0.415 e. The van der Waals surface area contributed by atoms with E-state index in [-0.39, 0.29) is 22.3 Å². The molecule has 4 unspecified atom stereocenters. The normalized spacial score (nSPS) is 12.5. The fourth-order valence-corrected chi connectivity index (χ4v) is 3.92. The first-order chi connectivity index (χ1) is 25.8. The molecule has 0 amide bonds. The van der Waals surface area contributed by atoms with E-state index in [1.165, 1.54) is 48.5 Å². The number of rotatable bonds is 16. The Morgan fingerprint density at radius 2 is 0.481 bits per heavy atom. The van der Waals surface area contributed by atoms with Crippen LogP contribution in [0.2, 0.25) is 0 Å². The van der Waals surface area contributed by atoms with Gasteiger partial charge in [0, 0.05) is 10.1 Å². The molecule has 4 atom stereocenters. The van der Waals surface area contributed by atoms with E-state index < -0.39 is 71.4 Å².